The van der Waals surface area contributed by atoms with E-state index in [-0.39, 0.29) is 6.10 Å². The molecule has 1 unspecified atom stereocenters. The minimum Gasteiger partial charge on any atom is -0.480 e. The summed E-state index contributed by atoms with van der Waals surface area (Å²) in [6.07, 6.45) is 1.69. The first-order valence-corrected chi connectivity index (χ1v) is 6.08. The van der Waals surface area contributed by atoms with Crippen LogP contribution in [0.15, 0.2) is 10.7 Å². The smallest absolute Gasteiger partial charge is 0.232 e. The molecule has 0 saturated carbocycles. The van der Waals surface area contributed by atoms with Crippen molar-refractivity contribution >= 4 is 21.9 Å². The standard InChI is InChI=1S/C10H14BrN3O3/c1-15-9-8(11)5-13-10(14-9)12-4-7-6-16-2-3-17-7/h5,7H,2-4,6H2,1H3,(H,12,13,14). The van der Waals surface area contributed by atoms with Gasteiger partial charge in [-0.25, -0.2) is 4.98 Å². The minimum absolute atomic E-state index is 0.0435. The van der Waals surface area contributed by atoms with Crippen LogP contribution < -0.4 is 10.1 Å². The number of anilines is 1. The van der Waals surface area contributed by atoms with Crippen LogP contribution in [0.3, 0.4) is 0 Å². The Labute approximate surface area is 108 Å². The predicted octanol–water partition coefficient (Wildman–Crippen LogP) is 1.07. The maximum Gasteiger partial charge on any atom is 0.232 e. The monoisotopic (exact) mass is 303 g/mol. The number of nitrogens with one attached hydrogen (secondary N) is 1. The lowest BCUT2D eigenvalue weighted by Crippen LogP contribution is -2.34. The topological polar surface area (TPSA) is 65.5 Å². The van der Waals surface area contributed by atoms with E-state index in [4.69, 9.17) is 14.2 Å². The van der Waals surface area contributed by atoms with Crippen molar-refractivity contribution in [1.82, 2.24) is 9.97 Å². The van der Waals surface area contributed by atoms with Gasteiger partial charge in [0.2, 0.25) is 11.8 Å². The number of ether oxygens (including phenoxy) is 3. The van der Waals surface area contributed by atoms with E-state index in [9.17, 15) is 0 Å². The molecule has 2 heterocycles. The van der Waals surface area contributed by atoms with Gasteiger partial charge in [-0.2, -0.15) is 4.98 Å². The van der Waals surface area contributed by atoms with Gasteiger partial charge in [-0.05, 0) is 15.9 Å². The van der Waals surface area contributed by atoms with Gasteiger partial charge in [0, 0.05) is 6.54 Å². The van der Waals surface area contributed by atoms with Crippen LogP contribution in [0, 0.1) is 0 Å². The summed E-state index contributed by atoms with van der Waals surface area (Å²) < 4.78 is 16.6. The van der Waals surface area contributed by atoms with Gasteiger partial charge in [0.05, 0.1) is 43.7 Å². The van der Waals surface area contributed by atoms with Gasteiger partial charge in [0.1, 0.15) is 0 Å². The van der Waals surface area contributed by atoms with Gasteiger partial charge in [-0.1, -0.05) is 0 Å². The molecule has 0 aliphatic carbocycles. The molecular formula is C10H14BrN3O3. The van der Waals surface area contributed by atoms with Crippen LogP contribution in [0.25, 0.3) is 0 Å². The van der Waals surface area contributed by atoms with E-state index in [1.165, 1.54) is 0 Å². The molecule has 1 aromatic rings. The Hall–Kier alpha value is -0.920. The number of methoxy groups -OCH3 is 1. The molecule has 1 saturated heterocycles. The molecule has 0 radical (unpaired) electrons. The molecule has 2 rings (SSSR count). The number of rotatable bonds is 4. The minimum atomic E-state index is 0.0435. The zero-order valence-electron chi connectivity index (χ0n) is 9.48. The molecule has 1 N–H and O–H groups in total. The van der Waals surface area contributed by atoms with Crippen molar-refractivity contribution in [3.05, 3.63) is 10.7 Å². The van der Waals surface area contributed by atoms with E-state index < -0.39 is 0 Å². The SMILES string of the molecule is COc1nc(NCC2COCCO2)ncc1Br. The molecule has 0 bridgehead atoms. The van der Waals surface area contributed by atoms with Gasteiger partial charge in [-0.3, -0.25) is 0 Å². The molecule has 1 aliphatic rings. The lowest BCUT2D eigenvalue weighted by atomic mass is 10.3. The molecule has 0 aromatic carbocycles. The fraction of sp³-hybridized carbons (Fsp3) is 0.600. The second-order valence-corrected chi connectivity index (χ2v) is 4.35. The Kier molecular flexibility index (Phi) is 4.52. The van der Waals surface area contributed by atoms with Crippen LogP contribution in [0.4, 0.5) is 5.95 Å². The first-order chi connectivity index (χ1) is 8.29. The Balaban J connectivity index is 1.89. The Morgan fingerprint density at radius 1 is 1.59 bits per heavy atom. The maximum absolute atomic E-state index is 5.50. The third-order valence-corrected chi connectivity index (χ3v) is 2.82. The third kappa shape index (κ3) is 3.52. The molecule has 6 nitrogen and oxygen atoms in total. The van der Waals surface area contributed by atoms with Crippen LogP contribution in [-0.2, 0) is 9.47 Å². The van der Waals surface area contributed by atoms with Crippen LogP contribution >= 0.6 is 15.9 Å². The Morgan fingerprint density at radius 2 is 2.47 bits per heavy atom. The summed E-state index contributed by atoms with van der Waals surface area (Å²) in [5.41, 5.74) is 0. The number of nitrogens with zero attached hydrogens (tertiary/aromatic N) is 2. The predicted molar refractivity (Wildman–Crippen MR) is 65.3 cm³/mol. The summed E-state index contributed by atoms with van der Waals surface area (Å²) in [5.74, 6) is 1.02. The molecule has 17 heavy (non-hydrogen) atoms. The van der Waals surface area contributed by atoms with Crippen LogP contribution in [0.2, 0.25) is 0 Å². The Morgan fingerprint density at radius 3 is 3.18 bits per heavy atom. The highest BCUT2D eigenvalue weighted by molar-refractivity contribution is 9.10. The van der Waals surface area contributed by atoms with Crippen molar-refractivity contribution < 1.29 is 14.2 Å². The summed E-state index contributed by atoms with van der Waals surface area (Å²) in [6, 6.07) is 0. The highest BCUT2D eigenvalue weighted by Gasteiger charge is 2.14. The molecule has 0 spiro atoms. The van der Waals surface area contributed by atoms with E-state index in [0.29, 0.717) is 38.2 Å². The zero-order valence-corrected chi connectivity index (χ0v) is 11.1. The molecule has 7 heteroatoms. The summed E-state index contributed by atoms with van der Waals surface area (Å²) in [4.78, 5) is 8.31. The van der Waals surface area contributed by atoms with Gasteiger partial charge in [0.15, 0.2) is 0 Å². The Bertz CT molecular complexity index is 372. The average Bonchev–Trinajstić information content (AvgIpc) is 2.39. The van der Waals surface area contributed by atoms with E-state index in [1.807, 2.05) is 0 Å². The normalized spacial score (nSPS) is 20.0. The van der Waals surface area contributed by atoms with E-state index in [0.717, 1.165) is 4.47 Å². The van der Waals surface area contributed by atoms with Gasteiger partial charge in [-0.15, -0.1) is 0 Å². The highest BCUT2D eigenvalue weighted by atomic mass is 79.9. The first kappa shape index (κ1) is 12.5. The van der Waals surface area contributed by atoms with Crippen LogP contribution in [0.1, 0.15) is 0 Å². The van der Waals surface area contributed by atoms with Crippen molar-refractivity contribution in [2.75, 3.05) is 38.8 Å². The van der Waals surface area contributed by atoms with E-state index in [2.05, 4.69) is 31.2 Å². The number of halogens is 1. The van der Waals surface area contributed by atoms with Crippen molar-refractivity contribution in [2.24, 2.45) is 0 Å². The average molecular weight is 304 g/mol. The molecule has 94 valence electrons. The van der Waals surface area contributed by atoms with Crippen molar-refractivity contribution in [3.8, 4) is 5.88 Å². The molecule has 0 amide bonds. The number of aromatic nitrogens is 2. The van der Waals surface area contributed by atoms with Gasteiger partial charge in [0.25, 0.3) is 0 Å². The molecule has 1 atom stereocenters. The maximum atomic E-state index is 5.50. The lowest BCUT2D eigenvalue weighted by molar-refractivity contribution is -0.0819. The van der Waals surface area contributed by atoms with E-state index >= 15 is 0 Å². The summed E-state index contributed by atoms with van der Waals surface area (Å²) >= 11 is 3.30. The zero-order chi connectivity index (χ0) is 12.1. The molecular weight excluding hydrogens is 290 g/mol. The summed E-state index contributed by atoms with van der Waals surface area (Å²) in [7, 11) is 1.56. The molecule has 1 aromatic heterocycles. The number of hydrogen-bond acceptors (Lipinski definition) is 6. The first-order valence-electron chi connectivity index (χ1n) is 5.29. The van der Waals surface area contributed by atoms with E-state index in [1.54, 1.807) is 13.3 Å². The fourth-order valence-corrected chi connectivity index (χ4v) is 1.79. The largest absolute Gasteiger partial charge is 0.480 e. The summed E-state index contributed by atoms with van der Waals surface area (Å²) in [5, 5.41) is 3.09. The second-order valence-electron chi connectivity index (χ2n) is 3.50. The van der Waals surface area contributed by atoms with Crippen molar-refractivity contribution in [2.45, 2.75) is 6.10 Å². The fourth-order valence-electron chi connectivity index (χ4n) is 1.44. The molecule has 1 fully saturated rings. The van der Waals surface area contributed by atoms with Gasteiger partial charge < -0.3 is 19.5 Å². The van der Waals surface area contributed by atoms with Crippen molar-refractivity contribution in [1.29, 1.82) is 0 Å². The summed E-state index contributed by atoms with van der Waals surface area (Å²) in [6.45, 7) is 2.52. The second kappa shape index (κ2) is 6.13. The molecule has 1 aliphatic heterocycles. The van der Waals surface area contributed by atoms with Gasteiger partial charge >= 0.3 is 0 Å². The third-order valence-electron chi connectivity index (χ3n) is 2.28. The quantitative estimate of drug-likeness (QED) is 0.898. The van der Waals surface area contributed by atoms with Crippen LogP contribution in [-0.4, -0.2) is 49.5 Å². The highest BCUT2D eigenvalue weighted by Crippen LogP contribution is 2.21. The van der Waals surface area contributed by atoms with Crippen molar-refractivity contribution in [3.63, 3.8) is 0 Å². The van der Waals surface area contributed by atoms with Crippen LogP contribution in [0.5, 0.6) is 5.88 Å². The lowest BCUT2D eigenvalue weighted by Gasteiger charge is -2.23. The number of hydrogen-bond donors (Lipinski definition) is 1.